The first-order valence-electron chi connectivity index (χ1n) is 6.78. The molecule has 0 atom stereocenters. The SMILES string of the molecule is COC(=O)C1(Cc2cn(C)c3ccccc23)CCC1. The van der Waals surface area contributed by atoms with Crippen molar-refractivity contribution >= 4 is 16.9 Å². The lowest BCUT2D eigenvalue weighted by molar-refractivity contribution is -0.158. The summed E-state index contributed by atoms with van der Waals surface area (Å²) in [6.07, 6.45) is 5.96. The molecule has 0 saturated heterocycles. The van der Waals surface area contributed by atoms with E-state index in [1.807, 2.05) is 6.07 Å². The predicted molar refractivity (Wildman–Crippen MR) is 74.9 cm³/mol. The number of hydrogen-bond acceptors (Lipinski definition) is 2. The molecule has 3 rings (SSSR count). The van der Waals surface area contributed by atoms with Gasteiger partial charge in [0.2, 0.25) is 0 Å². The number of para-hydroxylation sites is 1. The molecule has 100 valence electrons. The summed E-state index contributed by atoms with van der Waals surface area (Å²) in [5.41, 5.74) is 2.19. The van der Waals surface area contributed by atoms with Crippen molar-refractivity contribution in [2.45, 2.75) is 25.7 Å². The molecule has 3 heteroatoms. The zero-order chi connectivity index (χ0) is 13.5. The van der Waals surface area contributed by atoms with Gasteiger partial charge < -0.3 is 9.30 Å². The molecule has 0 aliphatic heterocycles. The zero-order valence-corrected chi connectivity index (χ0v) is 11.5. The number of nitrogens with zero attached hydrogens (tertiary/aromatic N) is 1. The molecule has 0 spiro atoms. The molecule has 0 amide bonds. The molecule has 1 aliphatic carbocycles. The second kappa shape index (κ2) is 4.41. The quantitative estimate of drug-likeness (QED) is 0.791. The summed E-state index contributed by atoms with van der Waals surface area (Å²) in [4.78, 5) is 12.0. The molecular weight excluding hydrogens is 238 g/mol. The van der Waals surface area contributed by atoms with E-state index in [9.17, 15) is 4.79 Å². The Morgan fingerprint density at radius 3 is 2.74 bits per heavy atom. The fourth-order valence-electron chi connectivity index (χ4n) is 3.20. The summed E-state index contributed by atoms with van der Waals surface area (Å²) in [6, 6.07) is 8.35. The van der Waals surface area contributed by atoms with Crippen molar-refractivity contribution in [2.24, 2.45) is 12.5 Å². The minimum absolute atomic E-state index is 0.0494. The summed E-state index contributed by atoms with van der Waals surface area (Å²) in [5, 5.41) is 1.25. The Kier molecular flexibility index (Phi) is 2.85. The highest BCUT2D eigenvalue weighted by molar-refractivity contribution is 5.85. The molecular formula is C16H19NO2. The Bertz CT molecular complexity index is 623. The first-order valence-corrected chi connectivity index (χ1v) is 6.78. The topological polar surface area (TPSA) is 31.2 Å². The number of benzene rings is 1. The number of carbonyl (C=O) groups excluding carboxylic acids is 1. The van der Waals surface area contributed by atoms with Crippen molar-refractivity contribution in [1.29, 1.82) is 0 Å². The van der Waals surface area contributed by atoms with E-state index >= 15 is 0 Å². The van der Waals surface area contributed by atoms with E-state index in [0.717, 1.165) is 25.7 Å². The number of ether oxygens (including phenoxy) is 1. The minimum Gasteiger partial charge on any atom is -0.469 e. The molecule has 1 aliphatic rings. The van der Waals surface area contributed by atoms with E-state index in [-0.39, 0.29) is 11.4 Å². The Morgan fingerprint density at radius 1 is 1.37 bits per heavy atom. The van der Waals surface area contributed by atoms with Gasteiger partial charge in [-0.2, -0.15) is 0 Å². The van der Waals surface area contributed by atoms with Crippen LogP contribution in [-0.2, 0) is 23.0 Å². The first-order chi connectivity index (χ1) is 9.16. The Hall–Kier alpha value is -1.77. The minimum atomic E-state index is -0.279. The van der Waals surface area contributed by atoms with Crippen LogP contribution in [0.3, 0.4) is 0 Å². The molecule has 3 nitrogen and oxygen atoms in total. The van der Waals surface area contributed by atoms with Crippen LogP contribution in [0.4, 0.5) is 0 Å². The van der Waals surface area contributed by atoms with Crippen molar-refractivity contribution < 1.29 is 9.53 Å². The van der Waals surface area contributed by atoms with Gasteiger partial charge in [0.15, 0.2) is 0 Å². The number of esters is 1. The molecule has 0 unspecified atom stereocenters. The summed E-state index contributed by atoms with van der Waals surface area (Å²) in [7, 11) is 3.54. The molecule has 19 heavy (non-hydrogen) atoms. The van der Waals surface area contributed by atoms with E-state index < -0.39 is 0 Å². The molecule has 0 radical (unpaired) electrons. The molecule has 1 saturated carbocycles. The van der Waals surface area contributed by atoms with Crippen LogP contribution in [0.15, 0.2) is 30.5 Å². The highest BCUT2D eigenvalue weighted by Gasteiger charge is 2.45. The van der Waals surface area contributed by atoms with Gasteiger partial charge in [0, 0.05) is 24.1 Å². The normalized spacial score (nSPS) is 17.2. The van der Waals surface area contributed by atoms with Gasteiger partial charge in [-0.1, -0.05) is 24.6 Å². The maximum Gasteiger partial charge on any atom is 0.312 e. The number of aromatic nitrogens is 1. The number of rotatable bonds is 3. The third-order valence-electron chi connectivity index (χ3n) is 4.44. The van der Waals surface area contributed by atoms with Gasteiger partial charge in [0.25, 0.3) is 0 Å². The number of methoxy groups -OCH3 is 1. The Morgan fingerprint density at radius 2 is 2.11 bits per heavy atom. The van der Waals surface area contributed by atoms with Gasteiger partial charge in [0.1, 0.15) is 0 Å². The lowest BCUT2D eigenvalue weighted by Gasteiger charge is -2.38. The van der Waals surface area contributed by atoms with Crippen LogP contribution in [0.1, 0.15) is 24.8 Å². The fourth-order valence-corrected chi connectivity index (χ4v) is 3.20. The third-order valence-corrected chi connectivity index (χ3v) is 4.44. The van der Waals surface area contributed by atoms with Crippen LogP contribution >= 0.6 is 0 Å². The second-order valence-electron chi connectivity index (χ2n) is 5.58. The van der Waals surface area contributed by atoms with E-state index in [1.165, 1.54) is 23.6 Å². The summed E-state index contributed by atoms with van der Waals surface area (Å²) in [5.74, 6) is -0.0494. The van der Waals surface area contributed by atoms with E-state index in [1.54, 1.807) is 0 Å². The molecule has 1 aromatic carbocycles. The van der Waals surface area contributed by atoms with Crippen molar-refractivity contribution in [3.63, 3.8) is 0 Å². The molecule has 0 bridgehead atoms. The molecule has 1 heterocycles. The molecule has 1 fully saturated rings. The predicted octanol–water partition coefficient (Wildman–Crippen LogP) is 3.06. The van der Waals surface area contributed by atoms with Gasteiger partial charge >= 0.3 is 5.97 Å². The fraction of sp³-hybridized carbons (Fsp3) is 0.438. The largest absolute Gasteiger partial charge is 0.469 e. The van der Waals surface area contributed by atoms with Crippen molar-refractivity contribution in [3.8, 4) is 0 Å². The standard InChI is InChI=1S/C16H19NO2/c1-17-11-12(13-6-3-4-7-14(13)17)10-16(8-5-9-16)15(18)19-2/h3-4,6-7,11H,5,8-10H2,1-2H3. The smallest absolute Gasteiger partial charge is 0.312 e. The average Bonchev–Trinajstić information content (AvgIpc) is 2.70. The Labute approximate surface area is 113 Å². The first kappa shape index (κ1) is 12.3. The van der Waals surface area contributed by atoms with Crippen LogP contribution in [0.2, 0.25) is 0 Å². The van der Waals surface area contributed by atoms with Gasteiger partial charge in [-0.25, -0.2) is 0 Å². The number of aryl methyl sites for hydroxylation is 1. The van der Waals surface area contributed by atoms with Crippen LogP contribution in [0.5, 0.6) is 0 Å². The zero-order valence-electron chi connectivity index (χ0n) is 11.5. The molecule has 0 N–H and O–H groups in total. The van der Waals surface area contributed by atoms with E-state index in [0.29, 0.717) is 0 Å². The third kappa shape index (κ3) is 1.84. The highest BCUT2D eigenvalue weighted by Crippen LogP contribution is 2.45. The average molecular weight is 257 g/mol. The molecule has 1 aromatic heterocycles. The summed E-state index contributed by atoms with van der Waals surface area (Å²) in [6.45, 7) is 0. The van der Waals surface area contributed by atoms with Gasteiger partial charge in [0.05, 0.1) is 12.5 Å². The van der Waals surface area contributed by atoms with Crippen molar-refractivity contribution in [2.75, 3.05) is 7.11 Å². The van der Waals surface area contributed by atoms with E-state index in [2.05, 4.69) is 36.0 Å². The Balaban J connectivity index is 1.99. The van der Waals surface area contributed by atoms with Crippen LogP contribution < -0.4 is 0 Å². The maximum absolute atomic E-state index is 12.0. The monoisotopic (exact) mass is 257 g/mol. The van der Waals surface area contributed by atoms with Crippen LogP contribution in [0, 0.1) is 5.41 Å². The van der Waals surface area contributed by atoms with Gasteiger partial charge in [-0.15, -0.1) is 0 Å². The molecule has 2 aromatic rings. The summed E-state index contributed by atoms with van der Waals surface area (Å²) >= 11 is 0. The van der Waals surface area contributed by atoms with Crippen molar-refractivity contribution in [1.82, 2.24) is 4.57 Å². The second-order valence-corrected chi connectivity index (χ2v) is 5.58. The lowest BCUT2D eigenvalue weighted by Crippen LogP contribution is -2.40. The maximum atomic E-state index is 12.0. The number of fused-ring (bicyclic) bond motifs is 1. The summed E-state index contributed by atoms with van der Waals surface area (Å²) < 4.78 is 7.14. The van der Waals surface area contributed by atoms with Gasteiger partial charge in [-0.05, 0) is 30.9 Å². The van der Waals surface area contributed by atoms with Gasteiger partial charge in [-0.3, -0.25) is 4.79 Å². The van der Waals surface area contributed by atoms with Crippen LogP contribution in [-0.4, -0.2) is 17.6 Å². The van der Waals surface area contributed by atoms with Crippen molar-refractivity contribution in [3.05, 3.63) is 36.0 Å². The number of hydrogen-bond donors (Lipinski definition) is 0. The highest BCUT2D eigenvalue weighted by atomic mass is 16.5. The number of carbonyl (C=O) groups is 1. The van der Waals surface area contributed by atoms with Crippen LogP contribution in [0.25, 0.3) is 10.9 Å². The van der Waals surface area contributed by atoms with E-state index in [4.69, 9.17) is 4.74 Å². The lowest BCUT2D eigenvalue weighted by atomic mass is 9.65.